The first-order chi connectivity index (χ1) is 2.50. The lowest BCUT2D eigenvalue weighted by Crippen LogP contribution is -1.38. The average Bonchev–Trinajstić information content (AvgIpc) is 1.76. The van der Waals surface area contributed by atoms with Crippen LogP contribution in [0.4, 0.5) is 0 Å². The van der Waals surface area contributed by atoms with Crippen molar-refractivity contribution in [1.29, 1.82) is 0 Å². The maximum atomic E-state index is 3.74. The summed E-state index contributed by atoms with van der Waals surface area (Å²) >= 11 is 1.60. The number of hydrogen-bond acceptors (Lipinski definition) is 2. The third-order valence-corrected chi connectivity index (χ3v) is 0.869. The van der Waals surface area contributed by atoms with Crippen LogP contribution in [-0.4, -0.2) is 4.98 Å². The zero-order valence-electron chi connectivity index (χ0n) is 3.03. The van der Waals surface area contributed by atoms with Gasteiger partial charge in [0.2, 0.25) is 0 Å². The smallest absolute Gasteiger partial charge is 0.0791 e. The third kappa shape index (κ3) is 1.14. The monoisotopic (exact) mass is 99.0 g/mol. The summed E-state index contributed by atoms with van der Waals surface area (Å²) in [5.74, 6) is 0. The van der Waals surface area contributed by atoms with Crippen molar-refractivity contribution in [2.75, 3.05) is 0 Å². The van der Waals surface area contributed by atoms with Crippen LogP contribution < -0.4 is 6.15 Å². The minimum absolute atomic E-state index is 0. The molecule has 0 amide bonds. The topological polar surface area (TPSA) is 43.4 Å². The first-order valence-corrected chi connectivity index (χ1v) is 2.26. The predicted octanol–water partition coefficient (Wildman–Crippen LogP) is 0.663. The highest BCUT2D eigenvalue weighted by molar-refractivity contribution is 7.07. The molecular weight excluding hydrogens is 96.1 g/mol. The fourth-order valence-electron chi connectivity index (χ4n) is 0.176. The van der Waals surface area contributed by atoms with Crippen molar-refractivity contribution in [3.05, 3.63) is 17.1 Å². The second kappa shape index (κ2) is 2.81. The largest absolute Gasteiger partial charge is 0.253 e. The molecule has 0 atom stereocenters. The van der Waals surface area contributed by atoms with E-state index in [9.17, 15) is 0 Å². The van der Waals surface area contributed by atoms with Crippen LogP contribution in [0.5, 0.6) is 0 Å². The maximum absolute atomic E-state index is 3.74. The van der Waals surface area contributed by atoms with Crippen molar-refractivity contribution in [2.45, 2.75) is 0 Å². The third-order valence-electron chi connectivity index (χ3n) is 0.347. The lowest BCUT2D eigenvalue weighted by molar-refractivity contribution is 1.43. The minimum atomic E-state index is 0. The molecule has 1 aromatic heterocycles. The Morgan fingerprint density at radius 2 is 2.33 bits per heavy atom. The summed E-state index contributed by atoms with van der Waals surface area (Å²) < 4.78 is 0. The van der Waals surface area contributed by atoms with Crippen molar-refractivity contribution in [3.63, 3.8) is 0 Å². The highest BCUT2D eigenvalue weighted by Gasteiger charge is 1.59. The van der Waals surface area contributed by atoms with E-state index in [1.807, 2.05) is 5.38 Å². The molecule has 31 valence electrons. The second-order valence-corrected chi connectivity index (χ2v) is 1.43. The van der Waals surface area contributed by atoms with E-state index >= 15 is 0 Å². The zero-order valence-corrected chi connectivity index (χ0v) is 3.85. The molecule has 2 nitrogen and oxygen atoms in total. The van der Waals surface area contributed by atoms with Crippen LogP contribution in [0.25, 0.3) is 0 Å². The van der Waals surface area contributed by atoms with E-state index in [-0.39, 0.29) is 6.15 Å². The molecule has 0 fully saturated rings. The Morgan fingerprint density at radius 3 is 2.50 bits per heavy atom. The van der Waals surface area contributed by atoms with Gasteiger partial charge in [-0.05, 0) is 0 Å². The molecule has 3 heteroatoms. The summed E-state index contributed by atoms with van der Waals surface area (Å²) in [5.41, 5.74) is 1.79. The minimum Gasteiger partial charge on any atom is -0.253 e. The molecule has 0 saturated carbocycles. The van der Waals surface area contributed by atoms with Gasteiger partial charge in [-0.2, -0.15) is 0 Å². The lowest BCUT2D eigenvalue weighted by Gasteiger charge is -1.41. The Hall–Kier alpha value is -0.410. The van der Waals surface area contributed by atoms with E-state index in [4.69, 9.17) is 0 Å². The molecule has 0 aromatic carbocycles. The summed E-state index contributed by atoms with van der Waals surface area (Å²) in [6.45, 7) is 0. The first kappa shape index (κ1) is 5.59. The molecule has 0 bridgehead atoms. The molecule has 0 N–H and O–H groups in total. The zero-order chi connectivity index (χ0) is 3.54. The van der Waals surface area contributed by atoms with Crippen LogP contribution in [0.2, 0.25) is 0 Å². The average molecular weight is 99.1 g/mol. The van der Waals surface area contributed by atoms with Crippen molar-refractivity contribution in [3.8, 4) is 0 Å². The summed E-state index contributed by atoms with van der Waals surface area (Å²) in [4.78, 5) is 3.74. The van der Waals surface area contributed by atoms with Crippen LogP contribution >= 0.6 is 11.3 Å². The molecule has 0 aliphatic rings. The Labute approximate surface area is 40.4 Å². The van der Waals surface area contributed by atoms with Gasteiger partial charge in [-0.15, -0.1) is 11.3 Å². The fraction of sp³-hybridized carbons (Fsp3) is 0. The predicted molar refractivity (Wildman–Crippen MR) is 24.2 cm³/mol. The van der Waals surface area contributed by atoms with Crippen LogP contribution in [0.1, 0.15) is 0 Å². The molecular formula is C3H3N2S. The molecule has 1 heterocycles. The Balaban J connectivity index is 0.000000250. The van der Waals surface area contributed by atoms with Gasteiger partial charge in [-0.3, -0.25) is 4.98 Å². The van der Waals surface area contributed by atoms with Gasteiger partial charge in [-0.25, -0.2) is 0 Å². The standard InChI is InChI=1S/C3H3NS.N/c1-2-5-3-4-1;/h1-3H;. The van der Waals surface area contributed by atoms with Gasteiger partial charge in [0.25, 0.3) is 0 Å². The number of thiazole rings is 1. The van der Waals surface area contributed by atoms with E-state index in [0.29, 0.717) is 0 Å². The van der Waals surface area contributed by atoms with E-state index in [1.54, 1.807) is 23.0 Å². The van der Waals surface area contributed by atoms with E-state index in [2.05, 4.69) is 4.98 Å². The molecule has 0 aliphatic heterocycles. The number of nitrogens with zero attached hydrogens (tertiary/aromatic N) is 2. The molecule has 6 heavy (non-hydrogen) atoms. The molecule has 0 aliphatic carbocycles. The van der Waals surface area contributed by atoms with Gasteiger partial charge in [0.1, 0.15) is 0 Å². The van der Waals surface area contributed by atoms with Gasteiger partial charge >= 0.3 is 0 Å². The normalized spacial score (nSPS) is 6.67. The summed E-state index contributed by atoms with van der Waals surface area (Å²) in [6.07, 6.45) is 1.77. The lowest BCUT2D eigenvalue weighted by atomic mass is 11.0. The van der Waals surface area contributed by atoms with Gasteiger partial charge in [-0.1, -0.05) is 0 Å². The van der Waals surface area contributed by atoms with Crippen molar-refractivity contribution < 1.29 is 0 Å². The van der Waals surface area contributed by atoms with E-state index in [1.165, 1.54) is 0 Å². The molecule has 3 radical (unpaired) electrons. The van der Waals surface area contributed by atoms with E-state index < -0.39 is 0 Å². The molecule has 1 rings (SSSR count). The maximum Gasteiger partial charge on any atom is 0.0791 e. The van der Waals surface area contributed by atoms with Gasteiger partial charge < -0.3 is 0 Å². The highest BCUT2D eigenvalue weighted by atomic mass is 32.1. The fourth-order valence-corrected chi connectivity index (χ4v) is 0.527. The summed E-state index contributed by atoms with van der Waals surface area (Å²) in [5, 5.41) is 1.93. The Kier molecular flexibility index (Phi) is 2.62. The van der Waals surface area contributed by atoms with Gasteiger partial charge in [0.05, 0.1) is 5.51 Å². The van der Waals surface area contributed by atoms with Crippen LogP contribution in [-0.2, 0) is 0 Å². The molecule has 0 unspecified atom stereocenters. The van der Waals surface area contributed by atoms with Crippen LogP contribution in [0, 0.1) is 0 Å². The molecule has 0 saturated heterocycles. The van der Waals surface area contributed by atoms with Crippen molar-refractivity contribution in [1.82, 2.24) is 11.1 Å². The number of aromatic nitrogens is 1. The summed E-state index contributed by atoms with van der Waals surface area (Å²) in [7, 11) is 0. The van der Waals surface area contributed by atoms with Crippen molar-refractivity contribution in [2.24, 2.45) is 0 Å². The van der Waals surface area contributed by atoms with Crippen molar-refractivity contribution >= 4 is 11.3 Å². The summed E-state index contributed by atoms with van der Waals surface area (Å²) in [6, 6.07) is 0. The van der Waals surface area contributed by atoms with Crippen LogP contribution in [0.3, 0.4) is 0 Å². The molecule has 0 spiro atoms. The van der Waals surface area contributed by atoms with Gasteiger partial charge in [0, 0.05) is 17.7 Å². The van der Waals surface area contributed by atoms with Crippen LogP contribution in [0.15, 0.2) is 17.1 Å². The Bertz CT molecular complexity index is 65.3. The number of hydrogen-bond donors (Lipinski definition) is 0. The van der Waals surface area contributed by atoms with Gasteiger partial charge in [0.15, 0.2) is 0 Å². The second-order valence-electron chi connectivity index (χ2n) is 0.676. The first-order valence-electron chi connectivity index (χ1n) is 1.32. The molecule has 1 aromatic rings. The highest BCUT2D eigenvalue weighted by Crippen LogP contribution is 1.85. The quantitative estimate of drug-likeness (QED) is 0.471. The SMILES string of the molecule is [N].c1cscn1. The Morgan fingerprint density at radius 1 is 1.50 bits per heavy atom. The number of rotatable bonds is 0. The van der Waals surface area contributed by atoms with E-state index in [0.717, 1.165) is 0 Å².